The van der Waals surface area contributed by atoms with Gasteiger partial charge in [0.25, 0.3) is 0 Å². The molecule has 3 aromatic heterocycles. The summed E-state index contributed by atoms with van der Waals surface area (Å²) >= 11 is 0. The predicted molar refractivity (Wildman–Crippen MR) is 138 cm³/mol. The number of aliphatic hydroxyl groups is 8. The molecule has 1 unspecified atom stereocenters. The van der Waals surface area contributed by atoms with Crippen LogP contribution in [0.1, 0.15) is 31.8 Å². The van der Waals surface area contributed by atoms with Crippen molar-refractivity contribution < 1.29 is 77.3 Å². The average molecular weight is 641 g/mol. The molecule has 1 saturated heterocycles. The SMILES string of the molecule is C.CC=O.N#Cc1ccon1.NCC1(O)O[C@H](CO)[C@@H](O)[C@@H]1O.OC[C@@H](O)[C@@H](O)[C@H](O)c1cnc(-c2ccon2)[nH]1.[Cl-].[OH-]. The molecular weight excluding hydrogens is 604 g/mol. The van der Waals surface area contributed by atoms with Crippen LogP contribution in [0.2, 0.25) is 0 Å². The molecule has 1 aliphatic rings. The van der Waals surface area contributed by atoms with Crippen LogP contribution >= 0.6 is 0 Å². The first kappa shape index (κ1) is 44.1. The van der Waals surface area contributed by atoms with E-state index in [4.69, 9.17) is 30.7 Å². The molecule has 0 radical (unpaired) electrons. The van der Waals surface area contributed by atoms with E-state index in [9.17, 15) is 30.6 Å². The molecule has 3 aromatic rings. The number of aldehydes is 1. The van der Waals surface area contributed by atoms with E-state index in [-0.39, 0.29) is 37.5 Å². The number of H-pyrrole nitrogens is 1. The maximum atomic E-state index is 9.77. The highest BCUT2D eigenvalue weighted by molar-refractivity contribution is 5.47. The Labute approximate surface area is 251 Å². The van der Waals surface area contributed by atoms with Crippen molar-refractivity contribution in [1.29, 1.82) is 5.26 Å². The second-order valence-corrected chi connectivity index (χ2v) is 7.81. The molecule has 4 heterocycles. The van der Waals surface area contributed by atoms with E-state index in [0.29, 0.717) is 17.2 Å². The highest BCUT2D eigenvalue weighted by Crippen LogP contribution is 2.27. The number of nitrogens with two attached hydrogens (primary N) is 1. The van der Waals surface area contributed by atoms with Crippen LogP contribution in [-0.4, -0.2) is 129 Å². The summed E-state index contributed by atoms with van der Waals surface area (Å²) in [4.78, 5) is 15.5. The minimum absolute atomic E-state index is 0. The van der Waals surface area contributed by atoms with Crippen LogP contribution < -0.4 is 18.1 Å². The first-order valence-electron chi connectivity index (χ1n) is 11.4. The zero-order chi connectivity index (χ0) is 30.3. The molecule has 43 heavy (non-hydrogen) atoms. The van der Waals surface area contributed by atoms with Gasteiger partial charge < -0.3 is 88.0 Å². The van der Waals surface area contributed by atoms with E-state index >= 15 is 0 Å². The molecule has 0 aliphatic carbocycles. The zero-order valence-electron chi connectivity index (χ0n) is 22.0. The van der Waals surface area contributed by atoms with Gasteiger partial charge in [0.1, 0.15) is 67.2 Å². The van der Waals surface area contributed by atoms with Gasteiger partial charge in [-0.25, -0.2) is 4.98 Å². The van der Waals surface area contributed by atoms with Crippen LogP contribution in [0.5, 0.6) is 0 Å². The zero-order valence-corrected chi connectivity index (χ0v) is 22.7. The van der Waals surface area contributed by atoms with Crippen LogP contribution in [0.15, 0.2) is 39.9 Å². The summed E-state index contributed by atoms with van der Waals surface area (Å²) in [6, 6.07) is 4.88. The Balaban J connectivity index is -0.000000557. The van der Waals surface area contributed by atoms with Crippen LogP contribution in [0, 0.1) is 11.3 Å². The minimum atomic E-state index is -1.94. The van der Waals surface area contributed by atoms with Crippen LogP contribution in [-0.2, 0) is 9.53 Å². The number of halogens is 1. The molecule has 0 saturated carbocycles. The van der Waals surface area contributed by atoms with Gasteiger partial charge in [-0.05, 0) is 6.92 Å². The Bertz CT molecular complexity index is 1130. The first-order chi connectivity index (χ1) is 19.0. The highest BCUT2D eigenvalue weighted by Gasteiger charge is 2.52. The molecule has 0 bridgehead atoms. The molecule has 1 aliphatic heterocycles. The highest BCUT2D eigenvalue weighted by atomic mass is 35.5. The number of aliphatic hydroxyl groups excluding tert-OH is 7. The summed E-state index contributed by atoms with van der Waals surface area (Å²) in [5.41, 5.74) is 6.08. The predicted octanol–water partition coefficient (Wildman–Crippen LogP) is -6.23. The van der Waals surface area contributed by atoms with E-state index in [0.717, 1.165) is 6.29 Å². The van der Waals surface area contributed by atoms with E-state index < -0.39 is 55.6 Å². The number of ether oxygens (including phenoxy) is 1. The lowest BCUT2D eigenvalue weighted by molar-refractivity contribution is -0.222. The summed E-state index contributed by atoms with van der Waals surface area (Å²) in [5.74, 6) is -1.57. The van der Waals surface area contributed by atoms with E-state index in [1.807, 2.05) is 0 Å². The fraction of sp³-hybridized carbons (Fsp3) is 0.522. The maximum Gasteiger partial charge on any atom is 0.207 e. The lowest BCUT2D eigenvalue weighted by Crippen LogP contribution is -3.00. The van der Waals surface area contributed by atoms with Crippen molar-refractivity contribution in [3.8, 4) is 17.6 Å². The van der Waals surface area contributed by atoms with Gasteiger partial charge in [0.15, 0.2) is 11.5 Å². The van der Waals surface area contributed by atoms with Gasteiger partial charge in [-0.15, -0.1) is 0 Å². The Morgan fingerprint density at radius 1 is 1.19 bits per heavy atom. The molecule has 0 aromatic carbocycles. The monoisotopic (exact) mass is 640 g/mol. The van der Waals surface area contributed by atoms with Crippen molar-refractivity contribution in [1.82, 2.24) is 20.3 Å². The van der Waals surface area contributed by atoms with Crippen molar-refractivity contribution in [3.63, 3.8) is 0 Å². The second kappa shape index (κ2) is 22.2. The van der Waals surface area contributed by atoms with E-state index in [1.165, 1.54) is 31.7 Å². The van der Waals surface area contributed by atoms with Crippen molar-refractivity contribution in [2.24, 2.45) is 5.73 Å². The third-order valence-corrected chi connectivity index (χ3v) is 5.05. The normalized spacial score (nSPS) is 21.9. The first-order valence-corrected chi connectivity index (χ1v) is 11.4. The molecule has 1 fully saturated rings. The van der Waals surface area contributed by atoms with Gasteiger partial charge in [0, 0.05) is 18.7 Å². The quantitative estimate of drug-likeness (QED) is 0.107. The lowest BCUT2D eigenvalue weighted by Gasteiger charge is -2.23. The summed E-state index contributed by atoms with van der Waals surface area (Å²) in [6.07, 6.45) is -3.30. The number of nitriles is 1. The number of rotatable bonds is 7. The molecule has 20 heteroatoms. The fourth-order valence-corrected chi connectivity index (χ4v) is 2.91. The molecule has 246 valence electrons. The van der Waals surface area contributed by atoms with Gasteiger partial charge >= 0.3 is 0 Å². The Morgan fingerprint density at radius 3 is 2.14 bits per heavy atom. The summed E-state index contributed by atoms with van der Waals surface area (Å²) < 4.78 is 13.7. The number of hydrogen-bond donors (Lipinski definition) is 10. The van der Waals surface area contributed by atoms with Crippen molar-refractivity contribution in [3.05, 3.63) is 42.2 Å². The largest absolute Gasteiger partial charge is 1.00 e. The molecule has 7 atom stereocenters. The number of aromatic amines is 1. The molecule has 12 N–H and O–H groups in total. The number of hydrogen-bond acceptors (Lipinski definition) is 18. The fourth-order valence-electron chi connectivity index (χ4n) is 2.91. The van der Waals surface area contributed by atoms with Gasteiger partial charge in [-0.3, -0.25) is 0 Å². The number of aromatic nitrogens is 4. The molecule has 4 rings (SSSR count). The lowest BCUT2D eigenvalue weighted by atomic mass is 10.1. The standard InChI is InChI=1S/C10H13N3O5.C6H13NO5.C4H2N2O.C2H4O.CH4.ClH.H2O/c14-4-7(15)9(17)8(16)6-3-11-10(12-6)5-1-2-18-13-5;7-2-6(11)5(10)4(9)3(1-8)12-6;5-3-4-1-2-7-6-4;1-2-3;;;/h1-3,7-9,14-17H,4H2,(H,11,12);3-5,8-11H,1-2,7H2;1-2H;2H,1H3;1H4;1H;1H2/p-2/t7-,8-,9-;3-,4-,5+,6?;;;;;/m11...../s1. The van der Waals surface area contributed by atoms with Crippen molar-refractivity contribution in [2.75, 3.05) is 19.8 Å². The maximum absolute atomic E-state index is 9.77. The van der Waals surface area contributed by atoms with Crippen molar-refractivity contribution in [2.45, 2.75) is 56.8 Å². The third-order valence-electron chi connectivity index (χ3n) is 5.05. The Morgan fingerprint density at radius 2 is 1.77 bits per heavy atom. The second-order valence-electron chi connectivity index (χ2n) is 7.81. The number of nitrogens with zero attached hydrogens (tertiary/aromatic N) is 4. The van der Waals surface area contributed by atoms with Crippen LogP contribution in [0.25, 0.3) is 11.5 Å². The minimum Gasteiger partial charge on any atom is -1.00 e. The van der Waals surface area contributed by atoms with Gasteiger partial charge in [0.05, 0.1) is 25.1 Å². The molecule has 19 nitrogen and oxygen atoms in total. The van der Waals surface area contributed by atoms with E-state index in [2.05, 4.69) is 29.3 Å². The summed E-state index contributed by atoms with van der Waals surface area (Å²) in [6.45, 7) is -0.00916. The number of carbonyl (C=O) groups excluding carboxylic acids is 1. The summed E-state index contributed by atoms with van der Waals surface area (Å²) in [7, 11) is 0. The Kier molecular flexibility index (Phi) is 22.8. The van der Waals surface area contributed by atoms with Gasteiger partial charge in [-0.2, -0.15) is 5.26 Å². The van der Waals surface area contributed by atoms with Gasteiger partial charge in [0.2, 0.25) is 5.79 Å². The third kappa shape index (κ3) is 12.8. The Hall–Kier alpha value is -3.36. The topological polar surface area (TPSA) is 349 Å². The van der Waals surface area contributed by atoms with Crippen LogP contribution in [0.3, 0.4) is 0 Å². The molecular formula is C23H37ClN6O13-2. The number of carbonyl (C=O) groups is 1. The number of nitrogens with one attached hydrogen (secondary N) is 1. The summed E-state index contributed by atoms with van der Waals surface area (Å²) in [5, 5.41) is 88.6. The van der Waals surface area contributed by atoms with Crippen molar-refractivity contribution >= 4 is 6.29 Å². The average Bonchev–Trinajstić information content (AvgIpc) is 3.79. The number of imidazole rings is 1. The van der Waals surface area contributed by atoms with Gasteiger partial charge in [-0.1, -0.05) is 17.7 Å². The van der Waals surface area contributed by atoms with E-state index in [1.54, 1.807) is 12.1 Å². The van der Waals surface area contributed by atoms with Crippen LogP contribution in [0.4, 0.5) is 0 Å². The molecule has 0 amide bonds. The smallest absolute Gasteiger partial charge is 0.207 e. The molecule has 0 spiro atoms.